The van der Waals surface area contributed by atoms with Gasteiger partial charge in [0.1, 0.15) is 29.2 Å². The number of halogens is 1. The largest absolute Gasteiger partial charge is 0.489 e. The first-order valence-corrected chi connectivity index (χ1v) is 15.3. The van der Waals surface area contributed by atoms with E-state index in [0.29, 0.717) is 36.6 Å². The summed E-state index contributed by atoms with van der Waals surface area (Å²) in [6, 6.07) is 13.8. The summed E-state index contributed by atoms with van der Waals surface area (Å²) in [5, 5.41) is 2.82. The number of carbonyl (C=O) groups excluding carboxylic acids is 2. The van der Waals surface area contributed by atoms with E-state index in [4.69, 9.17) is 9.47 Å². The number of anilines is 1. The molecule has 0 bridgehead atoms. The highest BCUT2D eigenvalue weighted by atomic mass is 79.9. The smallest absolute Gasteiger partial charge is 0.225 e. The molecule has 3 aliphatic heterocycles. The van der Waals surface area contributed by atoms with E-state index in [1.807, 2.05) is 36.4 Å². The van der Waals surface area contributed by atoms with Gasteiger partial charge in [0.25, 0.3) is 0 Å². The molecule has 2 aromatic carbocycles. The van der Waals surface area contributed by atoms with Crippen LogP contribution in [0.15, 0.2) is 53.1 Å². The first-order valence-electron chi connectivity index (χ1n) is 14.5. The molecule has 4 heterocycles. The molecule has 1 aliphatic carbocycles. The van der Waals surface area contributed by atoms with E-state index >= 15 is 0 Å². The van der Waals surface area contributed by atoms with Crippen LogP contribution in [-0.4, -0.2) is 65.3 Å². The van der Waals surface area contributed by atoms with Gasteiger partial charge in [-0.3, -0.25) is 14.5 Å². The summed E-state index contributed by atoms with van der Waals surface area (Å²) < 4.78 is 13.5. The Bertz CT molecular complexity index is 1520. The number of nitrogens with one attached hydrogen (secondary N) is 1. The van der Waals surface area contributed by atoms with Gasteiger partial charge in [0.2, 0.25) is 5.91 Å². The number of benzene rings is 2. The van der Waals surface area contributed by atoms with E-state index in [-0.39, 0.29) is 29.6 Å². The maximum Gasteiger partial charge on any atom is 0.225 e. The van der Waals surface area contributed by atoms with Crippen LogP contribution in [-0.2, 0) is 17.8 Å². The number of Topliss-reactive ketones (excluding diaryl/α,β-unsaturated/α-hetero) is 1. The van der Waals surface area contributed by atoms with Crippen molar-refractivity contribution in [3.63, 3.8) is 0 Å². The molecule has 7 rings (SSSR count). The Balaban J connectivity index is 0.991. The molecule has 41 heavy (non-hydrogen) atoms. The number of carbonyl (C=O) groups is 2. The molecule has 3 atom stereocenters. The number of ether oxygens (including phenoxy) is 2. The van der Waals surface area contributed by atoms with Crippen LogP contribution in [0.2, 0.25) is 0 Å². The van der Waals surface area contributed by atoms with Crippen LogP contribution in [0.5, 0.6) is 17.2 Å². The third-order valence-electron chi connectivity index (χ3n) is 8.90. The molecule has 1 amide bonds. The average Bonchev–Trinajstić information content (AvgIpc) is 3.50. The Morgan fingerprint density at radius 3 is 2.73 bits per heavy atom. The average molecular weight is 618 g/mol. The SMILES string of the molecule is CCN1CCN(Cc2ccc(C(=O)C[C@@H]3[C@H]4Oc5ccc(Oc6ccnc7c6CCC(=O)N7)cc5[C@@H]34)cc2Br)CC1. The lowest BCUT2D eigenvalue weighted by Gasteiger charge is -2.34. The van der Waals surface area contributed by atoms with Crippen LogP contribution in [0, 0.1) is 5.92 Å². The van der Waals surface area contributed by atoms with Crippen molar-refractivity contribution < 1.29 is 19.1 Å². The number of nitrogens with zero attached hydrogens (tertiary/aromatic N) is 3. The fraction of sp³-hybridized carbons (Fsp3) is 0.406. The van der Waals surface area contributed by atoms with Crippen molar-refractivity contribution in [2.45, 2.75) is 44.8 Å². The Hall–Kier alpha value is -3.27. The minimum absolute atomic E-state index is 0.0263. The number of piperazine rings is 1. The van der Waals surface area contributed by atoms with Gasteiger partial charge in [-0.15, -0.1) is 0 Å². The molecule has 8 nitrogen and oxygen atoms in total. The van der Waals surface area contributed by atoms with Gasteiger partial charge in [-0.2, -0.15) is 0 Å². The second-order valence-corrected chi connectivity index (χ2v) is 12.3. The highest BCUT2D eigenvalue weighted by Crippen LogP contribution is 2.60. The maximum atomic E-state index is 13.3. The van der Waals surface area contributed by atoms with E-state index in [1.165, 1.54) is 5.56 Å². The van der Waals surface area contributed by atoms with Gasteiger partial charge >= 0.3 is 0 Å². The first kappa shape index (κ1) is 26.6. The minimum atomic E-state index is -0.0263. The van der Waals surface area contributed by atoms with Crippen molar-refractivity contribution >= 4 is 33.4 Å². The van der Waals surface area contributed by atoms with Crippen molar-refractivity contribution in [3.8, 4) is 17.2 Å². The molecular weight excluding hydrogens is 584 g/mol. The van der Waals surface area contributed by atoms with Crippen LogP contribution >= 0.6 is 15.9 Å². The van der Waals surface area contributed by atoms with Crippen molar-refractivity contribution in [1.82, 2.24) is 14.8 Å². The molecule has 4 aliphatic rings. The summed E-state index contributed by atoms with van der Waals surface area (Å²) in [7, 11) is 0. The van der Waals surface area contributed by atoms with E-state index in [1.54, 1.807) is 6.20 Å². The summed E-state index contributed by atoms with van der Waals surface area (Å²) >= 11 is 3.73. The molecule has 0 spiro atoms. The number of aromatic nitrogens is 1. The van der Waals surface area contributed by atoms with Crippen molar-refractivity contribution in [3.05, 3.63) is 75.4 Å². The predicted molar refractivity (Wildman–Crippen MR) is 159 cm³/mol. The van der Waals surface area contributed by atoms with Crippen LogP contribution in [0.25, 0.3) is 0 Å². The molecule has 1 saturated heterocycles. The number of fused-ring (bicyclic) bond motifs is 4. The molecule has 3 aromatic rings. The second-order valence-electron chi connectivity index (χ2n) is 11.4. The van der Waals surface area contributed by atoms with Crippen molar-refractivity contribution in [2.75, 3.05) is 38.0 Å². The van der Waals surface area contributed by atoms with Crippen molar-refractivity contribution in [1.29, 1.82) is 0 Å². The number of amides is 1. The molecule has 1 saturated carbocycles. The van der Waals surface area contributed by atoms with Crippen molar-refractivity contribution in [2.24, 2.45) is 5.92 Å². The standard InChI is InChI=1S/C32H33BrN4O4/c1-2-36-11-13-37(14-12-36)18-20-4-3-19(15-25(20)33)26(38)17-24-30-23-16-21(5-7-27(23)41-31(24)30)40-28-9-10-34-32-22(28)6-8-29(39)35-32/h3-5,7,9-10,15-16,24,30-31H,2,6,8,11-14,17-18H2,1H3,(H,34,35,39)/t24-,30-,31+/m0/s1. The molecule has 212 valence electrons. The van der Waals surface area contributed by atoms with E-state index < -0.39 is 0 Å². The number of ketones is 1. The molecule has 2 fully saturated rings. The predicted octanol–water partition coefficient (Wildman–Crippen LogP) is 5.41. The van der Waals surface area contributed by atoms with Gasteiger partial charge in [-0.1, -0.05) is 35.0 Å². The zero-order valence-corrected chi connectivity index (χ0v) is 24.7. The molecule has 9 heteroatoms. The lowest BCUT2D eigenvalue weighted by Crippen LogP contribution is -2.45. The number of likely N-dealkylation sites (N-methyl/N-ethyl adjacent to an activating group) is 1. The fourth-order valence-electron chi connectivity index (χ4n) is 6.42. The van der Waals surface area contributed by atoms with E-state index in [9.17, 15) is 9.59 Å². The molecular formula is C32H33BrN4O4. The highest BCUT2D eigenvalue weighted by molar-refractivity contribution is 9.10. The fourth-order valence-corrected chi connectivity index (χ4v) is 6.93. The Morgan fingerprint density at radius 2 is 1.93 bits per heavy atom. The maximum absolute atomic E-state index is 13.3. The summed E-state index contributed by atoms with van der Waals surface area (Å²) in [6.45, 7) is 8.58. The van der Waals surface area contributed by atoms with Crippen LogP contribution in [0.1, 0.15) is 52.7 Å². The third-order valence-corrected chi connectivity index (χ3v) is 9.64. The third kappa shape index (κ3) is 5.27. The highest BCUT2D eigenvalue weighted by Gasteiger charge is 2.59. The molecule has 0 radical (unpaired) electrons. The van der Waals surface area contributed by atoms with E-state index in [0.717, 1.165) is 66.2 Å². The van der Waals surface area contributed by atoms with Gasteiger partial charge < -0.3 is 19.7 Å². The zero-order chi connectivity index (χ0) is 28.1. The van der Waals surface area contributed by atoms with Gasteiger partial charge in [0.05, 0.1) is 0 Å². The van der Waals surface area contributed by atoms with Gasteiger partial charge in [-0.05, 0) is 48.9 Å². The number of hydrogen-bond acceptors (Lipinski definition) is 7. The minimum Gasteiger partial charge on any atom is -0.489 e. The normalized spacial score (nSPS) is 23.2. The lowest BCUT2D eigenvalue weighted by atomic mass is 10.0. The summed E-state index contributed by atoms with van der Waals surface area (Å²) in [5.41, 5.74) is 3.97. The monoisotopic (exact) mass is 616 g/mol. The van der Waals surface area contributed by atoms with Gasteiger partial charge in [0.15, 0.2) is 5.78 Å². The Labute approximate surface area is 248 Å². The molecule has 1 N–H and O–H groups in total. The van der Waals surface area contributed by atoms with Crippen LogP contribution < -0.4 is 14.8 Å². The van der Waals surface area contributed by atoms with Crippen LogP contribution in [0.4, 0.5) is 5.82 Å². The number of pyridine rings is 1. The molecule has 1 aromatic heterocycles. The summed E-state index contributed by atoms with van der Waals surface area (Å²) in [5.74, 6) is 3.34. The number of hydrogen-bond donors (Lipinski definition) is 1. The lowest BCUT2D eigenvalue weighted by molar-refractivity contribution is -0.116. The summed E-state index contributed by atoms with van der Waals surface area (Å²) in [6.07, 6.45) is 3.16. The Kier molecular flexibility index (Phi) is 7.05. The number of rotatable bonds is 8. The second kappa shape index (κ2) is 10.9. The summed E-state index contributed by atoms with van der Waals surface area (Å²) in [4.78, 5) is 34.3. The van der Waals surface area contributed by atoms with Gasteiger partial charge in [0, 0.05) is 84.8 Å². The van der Waals surface area contributed by atoms with Gasteiger partial charge in [-0.25, -0.2) is 4.98 Å². The Morgan fingerprint density at radius 1 is 1.10 bits per heavy atom. The van der Waals surface area contributed by atoms with Crippen LogP contribution in [0.3, 0.4) is 0 Å². The van der Waals surface area contributed by atoms with E-state index in [2.05, 4.69) is 49.0 Å². The molecule has 0 unspecified atom stereocenters. The first-order chi connectivity index (χ1) is 20.0. The zero-order valence-electron chi connectivity index (χ0n) is 23.1. The topological polar surface area (TPSA) is 84.0 Å². The quantitative estimate of drug-likeness (QED) is 0.339.